The lowest BCUT2D eigenvalue weighted by Gasteiger charge is -1.99. The second-order valence-corrected chi connectivity index (χ2v) is 7.20. The first-order valence-corrected chi connectivity index (χ1v) is 8.14. The second kappa shape index (κ2) is 6.31. The summed E-state index contributed by atoms with van der Waals surface area (Å²) >= 11 is 4.49. The van der Waals surface area contributed by atoms with Gasteiger partial charge in [-0.15, -0.1) is 21.5 Å². The number of thioether (sulfide) groups is 1. The van der Waals surface area contributed by atoms with Gasteiger partial charge in [0.1, 0.15) is 0 Å². The number of hydrogen-bond donors (Lipinski definition) is 1. The summed E-state index contributed by atoms with van der Waals surface area (Å²) in [7, 11) is 0. The van der Waals surface area contributed by atoms with E-state index in [1.54, 1.807) is 17.8 Å². The Hall–Kier alpha value is -0.920. The molecule has 0 bridgehead atoms. The average molecular weight is 299 g/mol. The molecule has 0 aliphatic rings. The van der Waals surface area contributed by atoms with Crippen molar-refractivity contribution >= 4 is 45.5 Å². The van der Waals surface area contributed by atoms with E-state index in [2.05, 4.69) is 29.4 Å². The molecule has 18 heavy (non-hydrogen) atoms. The second-order valence-electron chi connectivity index (χ2n) is 4.01. The lowest BCUT2D eigenvalue weighted by Crippen LogP contribution is -2.09. The molecule has 0 saturated carbocycles. The van der Waals surface area contributed by atoms with E-state index in [9.17, 15) is 4.79 Å². The molecule has 2 aromatic rings. The minimum Gasteiger partial charge on any atom is -0.296 e. The van der Waals surface area contributed by atoms with Gasteiger partial charge in [0.25, 0.3) is 5.91 Å². The molecule has 0 radical (unpaired) electrons. The smallest absolute Gasteiger partial charge is 0.267 e. The number of carbonyl (C=O) groups excluding carboxylic acids is 1. The van der Waals surface area contributed by atoms with Crippen LogP contribution in [0, 0.1) is 5.92 Å². The summed E-state index contributed by atoms with van der Waals surface area (Å²) in [5.41, 5.74) is 0. The van der Waals surface area contributed by atoms with Gasteiger partial charge >= 0.3 is 0 Å². The fraction of sp³-hybridized carbons (Fsp3) is 0.364. The summed E-state index contributed by atoms with van der Waals surface area (Å²) in [6.07, 6.45) is 0. The van der Waals surface area contributed by atoms with Gasteiger partial charge in [-0.05, 0) is 17.4 Å². The highest BCUT2D eigenvalue weighted by Gasteiger charge is 2.11. The van der Waals surface area contributed by atoms with Crippen LogP contribution in [0.15, 0.2) is 21.9 Å². The van der Waals surface area contributed by atoms with Crippen LogP contribution < -0.4 is 5.32 Å². The van der Waals surface area contributed by atoms with Crippen molar-refractivity contribution in [1.82, 2.24) is 10.2 Å². The molecule has 0 aromatic carbocycles. The van der Waals surface area contributed by atoms with Crippen molar-refractivity contribution in [2.24, 2.45) is 5.92 Å². The van der Waals surface area contributed by atoms with E-state index in [0.29, 0.717) is 15.9 Å². The lowest BCUT2D eigenvalue weighted by atomic mass is 10.3. The molecule has 2 rings (SSSR count). The third kappa shape index (κ3) is 3.79. The molecule has 0 saturated heterocycles. The monoisotopic (exact) mass is 299 g/mol. The molecule has 0 aliphatic heterocycles. The number of aromatic nitrogens is 2. The van der Waals surface area contributed by atoms with Gasteiger partial charge in [-0.1, -0.05) is 43.0 Å². The largest absolute Gasteiger partial charge is 0.296 e. The summed E-state index contributed by atoms with van der Waals surface area (Å²) in [5, 5.41) is 13.2. The van der Waals surface area contributed by atoms with Gasteiger partial charge in [-0.25, -0.2) is 0 Å². The van der Waals surface area contributed by atoms with Crippen molar-refractivity contribution in [2.45, 2.75) is 18.2 Å². The highest BCUT2D eigenvalue weighted by atomic mass is 32.2. The van der Waals surface area contributed by atoms with E-state index < -0.39 is 0 Å². The molecule has 0 aliphatic carbocycles. The summed E-state index contributed by atoms with van der Waals surface area (Å²) < 4.78 is 0.894. The fourth-order valence-corrected chi connectivity index (χ4v) is 3.47. The summed E-state index contributed by atoms with van der Waals surface area (Å²) in [6.45, 7) is 4.32. The molecule has 7 heteroatoms. The van der Waals surface area contributed by atoms with E-state index >= 15 is 0 Å². The van der Waals surface area contributed by atoms with Gasteiger partial charge in [0, 0.05) is 5.75 Å². The molecule has 1 amide bonds. The number of nitrogens with one attached hydrogen (secondary N) is 1. The van der Waals surface area contributed by atoms with Crippen LogP contribution in [0.2, 0.25) is 0 Å². The first-order chi connectivity index (χ1) is 8.65. The predicted molar refractivity (Wildman–Crippen MR) is 77.7 cm³/mol. The van der Waals surface area contributed by atoms with Crippen molar-refractivity contribution in [1.29, 1.82) is 0 Å². The van der Waals surface area contributed by atoms with Gasteiger partial charge < -0.3 is 0 Å². The van der Waals surface area contributed by atoms with Crippen LogP contribution in [-0.2, 0) is 0 Å². The van der Waals surface area contributed by atoms with Crippen molar-refractivity contribution in [3.8, 4) is 0 Å². The number of carbonyl (C=O) groups is 1. The Morgan fingerprint density at radius 2 is 2.33 bits per heavy atom. The molecule has 0 spiro atoms. The first-order valence-electron chi connectivity index (χ1n) is 5.46. The van der Waals surface area contributed by atoms with E-state index in [-0.39, 0.29) is 5.91 Å². The molecule has 0 fully saturated rings. The molecular weight excluding hydrogens is 286 g/mol. The van der Waals surface area contributed by atoms with Crippen LogP contribution in [0.3, 0.4) is 0 Å². The molecule has 0 unspecified atom stereocenters. The zero-order valence-corrected chi connectivity index (χ0v) is 12.5. The minimum absolute atomic E-state index is 0.124. The molecule has 2 heterocycles. The van der Waals surface area contributed by atoms with Crippen molar-refractivity contribution in [3.05, 3.63) is 22.4 Å². The van der Waals surface area contributed by atoms with Crippen LogP contribution in [0.1, 0.15) is 23.5 Å². The van der Waals surface area contributed by atoms with Gasteiger partial charge in [-0.3, -0.25) is 10.1 Å². The molecule has 96 valence electrons. The van der Waals surface area contributed by atoms with Gasteiger partial charge in [0.2, 0.25) is 5.13 Å². The third-order valence-electron chi connectivity index (χ3n) is 1.91. The van der Waals surface area contributed by atoms with Crippen molar-refractivity contribution in [3.63, 3.8) is 0 Å². The quantitative estimate of drug-likeness (QED) is 0.677. The van der Waals surface area contributed by atoms with Crippen LogP contribution in [0.25, 0.3) is 0 Å². The predicted octanol–water partition coefficient (Wildman–Crippen LogP) is 3.60. The Labute approximate surface area is 118 Å². The Morgan fingerprint density at radius 1 is 1.50 bits per heavy atom. The van der Waals surface area contributed by atoms with E-state index in [4.69, 9.17) is 0 Å². The molecular formula is C11H13N3OS3. The number of rotatable bonds is 5. The van der Waals surface area contributed by atoms with Gasteiger partial charge in [0.05, 0.1) is 4.88 Å². The topological polar surface area (TPSA) is 54.9 Å². The first kappa shape index (κ1) is 13.5. The highest BCUT2D eigenvalue weighted by Crippen LogP contribution is 2.27. The van der Waals surface area contributed by atoms with E-state index in [1.165, 1.54) is 22.7 Å². The Kier molecular flexibility index (Phi) is 4.73. The van der Waals surface area contributed by atoms with E-state index in [0.717, 1.165) is 10.1 Å². The number of nitrogens with zero attached hydrogens (tertiary/aromatic N) is 2. The number of amides is 1. The lowest BCUT2D eigenvalue weighted by molar-refractivity contribution is 0.103. The number of anilines is 1. The number of thiophene rings is 1. The summed E-state index contributed by atoms with van der Waals surface area (Å²) in [5.74, 6) is 1.50. The number of hydrogen-bond acceptors (Lipinski definition) is 6. The SMILES string of the molecule is CC(C)CSc1nnc(NC(=O)c2cccs2)s1. The zero-order chi connectivity index (χ0) is 13.0. The molecule has 2 aromatic heterocycles. The van der Waals surface area contributed by atoms with Crippen LogP contribution in [-0.4, -0.2) is 21.9 Å². The third-order valence-corrected chi connectivity index (χ3v) is 5.18. The molecule has 4 nitrogen and oxygen atoms in total. The molecule has 1 N–H and O–H groups in total. The zero-order valence-electron chi connectivity index (χ0n) is 10.0. The maximum atomic E-state index is 11.8. The van der Waals surface area contributed by atoms with Gasteiger partial charge in [-0.2, -0.15) is 0 Å². The van der Waals surface area contributed by atoms with Crippen LogP contribution in [0.5, 0.6) is 0 Å². The van der Waals surface area contributed by atoms with E-state index in [1.807, 2.05) is 11.4 Å². The summed E-state index contributed by atoms with van der Waals surface area (Å²) in [4.78, 5) is 12.5. The maximum Gasteiger partial charge on any atom is 0.267 e. The normalized spacial score (nSPS) is 10.8. The van der Waals surface area contributed by atoms with Crippen molar-refractivity contribution in [2.75, 3.05) is 11.1 Å². The fourth-order valence-electron chi connectivity index (χ4n) is 1.12. The Morgan fingerprint density at radius 3 is 3.00 bits per heavy atom. The Balaban J connectivity index is 1.92. The molecule has 0 atom stereocenters. The van der Waals surface area contributed by atoms with Crippen LogP contribution >= 0.6 is 34.4 Å². The minimum atomic E-state index is -0.124. The maximum absolute atomic E-state index is 11.8. The Bertz CT molecular complexity index is 507. The average Bonchev–Trinajstić information content (AvgIpc) is 2.97. The van der Waals surface area contributed by atoms with Crippen molar-refractivity contribution < 1.29 is 4.79 Å². The standard InChI is InChI=1S/C11H13N3OS3/c1-7(2)6-17-11-14-13-10(18-11)12-9(15)8-4-3-5-16-8/h3-5,7H,6H2,1-2H3,(H,12,13,15). The van der Waals surface area contributed by atoms with Gasteiger partial charge in [0.15, 0.2) is 4.34 Å². The highest BCUT2D eigenvalue weighted by molar-refractivity contribution is 8.01. The summed E-state index contributed by atoms with van der Waals surface area (Å²) in [6, 6.07) is 3.64. The van der Waals surface area contributed by atoms with Crippen LogP contribution in [0.4, 0.5) is 5.13 Å².